The molecule has 1 aromatic carbocycles. The van der Waals surface area contributed by atoms with Crippen LogP contribution in [0, 0.1) is 12.7 Å². The number of rotatable bonds is 0. The van der Waals surface area contributed by atoms with Gasteiger partial charge >= 0.3 is 0 Å². The van der Waals surface area contributed by atoms with E-state index in [1.165, 1.54) is 6.07 Å². The van der Waals surface area contributed by atoms with Crippen LogP contribution in [0.1, 0.15) is 5.56 Å². The Morgan fingerprint density at radius 2 is 2.10 bits per heavy atom. The minimum Gasteiger partial charge on any atom is -0.204 e. The van der Waals surface area contributed by atoms with Crippen molar-refractivity contribution in [3.05, 3.63) is 33.0 Å². The van der Waals surface area contributed by atoms with Gasteiger partial charge in [0.25, 0.3) is 0 Å². The second-order valence-corrected chi connectivity index (χ2v) is 3.19. The maximum atomic E-state index is 12.8. The first-order valence-electron chi connectivity index (χ1n) is 2.73. The molecule has 0 aliphatic carbocycles. The third-order valence-electron chi connectivity index (χ3n) is 1.23. The number of hydrogen-bond donors (Lipinski definition) is 0. The highest BCUT2D eigenvalue weighted by molar-refractivity contribution is 9.10. The first kappa shape index (κ1) is 8.02. The lowest BCUT2D eigenvalue weighted by molar-refractivity contribution is 0.620. The van der Waals surface area contributed by atoms with E-state index in [9.17, 15) is 4.39 Å². The lowest BCUT2D eigenvalue weighted by Gasteiger charge is -1.99. The molecular formula is C7H5BrClF. The molecule has 0 atom stereocenters. The lowest BCUT2D eigenvalue weighted by atomic mass is 10.2. The van der Waals surface area contributed by atoms with Crippen LogP contribution in [-0.2, 0) is 0 Å². The van der Waals surface area contributed by atoms with Crippen molar-refractivity contribution in [3.8, 4) is 0 Å². The molecule has 1 aromatic rings. The number of benzene rings is 1. The van der Waals surface area contributed by atoms with Gasteiger partial charge in [0, 0.05) is 0 Å². The summed E-state index contributed by atoms with van der Waals surface area (Å²) < 4.78 is 13.3. The first-order chi connectivity index (χ1) is 4.63. The molecule has 0 aliphatic rings. The van der Waals surface area contributed by atoms with Crippen LogP contribution in [0.15, 0.2) is 16.6 Å². The Kier molecular flexibility index (Phi) is 2.32. The Morgan fingerprint density at radius 1 is 1.50 bits per heavy atom. The minimum absolute atomic E-state index is 0.150. The molecule has 0 saturated heterocycles. The summed E-state index contributed by atoms with van der Waals surface area (Å²) in [5.41, 5.74) is 0.849. The molecule has 0 aliphatic heterocycles. The molecule has 0 N–H and O–H groups in total. The molecule has 0 bridgehead atoms. The molecule has 0 aromatic heterocycles. The zero-order valence-electron chi connectivity index (χ0n) is 5.29. The van der Waals surface area contributed by atoms with Crippen LogP contribution < -0.4 is 0 Å². The molecule has 0 heterocycles. The predicted molar refractivity (Wildman–Crippen MR) is 43.8 cm³/mol. The Morgan fingerprint density at radius 3 is 2.60 bits per heavy atom. The van der Waals surface area contributed by atoms with Crippen molar-refractivity contribution in [3.63, 3.8) is 0 Å². The maximum Gasteiger partial charge on any atom is 0.156 e. The van der Waals surface area contributed by atoms with E-state index in [1.54, 1.807) is 6.07 Å². The highest BCUT2D eigenvalue weighted by Crippen LogP contribution is 2.25. The highest BCUT2D eigenvalue weighted by atomic mass is 79.9. The fraction of sp³-hybridized carbons (Fsp3) is 0.143. The van der Waals surface area contributed by atoms with Crippen molar-refractivity contribution in [2.75, 3.05) is 0 Å². The van der Waals surface area contributed by atoms with Crippen LogP contribution in [0.3, 0.4) is 0 Å². The van der Waals surface area contributed by atoms with Gasteiger partial charge in [-0.25, -0.2) is 4.39 Å². The van der Waals surface area contributed by atoms with Gasteiger partial charge in [0.2, 0.25) is 0 Å². The average molecular weight is 223 g/mol. The Bertz CT molecular complexity index is 233. The smallest absolute Gasteiger partial charge is 0.156 e. The molecule has 0 unspecified atom stereocenters. The van der Waals surface area contributed by atoms with E-state index in [-0.39, 0.29) is 10.8 Å². The fourth-order valence-corrected chi connectivity index (χ4v) is 1.24. The van der Waals surface area contributed by atoms with Crippen molar-refractivity contribution in [1.29, 1.82) is 0 Å². The average Bonchev–Trinajstić information content (AvgIpc) is 1.93. The van der Waals surface area contributed by atoms with Crippen LogP contribution in [0.2, 0.25) is 5.02 Å². The van der Waals surface area contributed by atoms with Crippen molar-refractivity contribution in [2.24, 2.45) is 0 Å². The summed E-state index contributed by atoms with van der Waals surface area (Å²) in [5, 5.41) is 0.150. The third-order valence-corrected chi connectivity index (χ3v) is 2.49. The van der Waals surface area contributed by atoms with Gasteiger partial charge in [-0.1, -0.05) is 17.7 Å². The Balaban J connectivity index is 3.34. The zero-order chi connectivity index (χ0) is 7.72. The Labute approximate surface area is 72.1 Å². The SMILES string of the molecule is Cc1ccc(Cl)c(F)c1Br. The summed E-state index contributed by atoms with van der Waals surface area (Å²) in [4.78, 5) is 0. The summed E-state index contributed by atoms with van der Waals surface area (Å²) in [5.74, 6) is -0.387. The van der Waals surface area contributed by atoms with Crippen LogP contribution in [-0.4, -0.2) is 0 Å². The third kappa shape index (κ3) is 1.32. The van der Waals surface area contributed by atoms with Gasteiger partial charge < -0.3 is 0 Å². The monoisotopic (exact) mass is 222 g/mol. The lowest BCUT2D eigenvalue weighted by Crippen LogP contribution is -1.82. The standard InChI is InChI=1S/C7H5BrClF/c1-4-2-3-5(9)7(10)6(4)8/h2-3H,1H3. The van der Waals surface area contributed by atoms with Crippen LogP contribution in [0.25, 0.3) is 0 Å². The van der Waals surface area contributed by atoms with Gasteiger partial charge in [-0.05, 0) is 34.5 Å². The van der Waals surface area contributed by atoms with E-state index in [0.717, 1.165) is 5.56 Å². The van der Waals surface area contributed by atoms with Crippen molar-refractivity contribution in [1.82, 2.24) is 0 Å². The van der Waals surface area contributed by atoms with E-state index in [0.29, 0.717) is 4.47 Å². The molecule has 0 amide bonds. The van der Waals surface area contributed by atoms with E-state index in [1.807, 2.05) is 6.92 Å². The van der Waals surface area contributed by atoms with E-state index in [4.69, 9.17) is 11.6 Å². The van der Waals surface area contributed by atoms with Crippen molar-refractivity contribution >= 4 is 27.5 Å². The van der Waals surface area contributed by atoms with Gasteiger partial charge in [-0.15, -0.1) is 0 Å². The molecule has 1 rings (SSSR count). The molecule has 0 radical (unpaired) electrons. The number of hydrogen-bond acceptors (Lipinski definition) is 0. The summed E-state index contributed by atoms with van der Waals surface area (Å²) in [7, 11) is 0. The van der Waals surface area contributed by atoms with Crippen LogP contribution >= 0.6 is 27.5 Å². The van der Waals surface area contributed by atoms with E-state index in [2.05, 4.69) is 15.9 Å². The summed E-state index contributed by atoms with van der Waals surface area (Å²) in [6.07, 6.45) is 0. The first-order valence-corrected chi connectivity index (χ1v) is 3.90. The fourth-order valence-electron chi connectivity index (χ4n) is 0.622. The molecular weight excluding hydrogens is 218 g/mol. The molecule has 54 valence electrons. The minimum atomic E-state index is -0.387. The zero-order valence-corrected chi connectivity index (χ0v) is 7.63. The quantitative estimate of drug-likeness (QED) is 0.590. The molecule has 0 saturated carbocycles. The van der Waals surface area contributed by atoms with E-state index >= 15 is 0 Å². The second kappa shape index (κ2) is 2.89. The molecule has 10 heavy (non-hydrogen) atoms. The summed E-state index contributed by atoms with van der Waals surface area (Å²) in [6, 6.07) is 3.30. The maximum absolute atomic E-state index is 12.8. The summed E-state index contributed by atoms with van der Waals surface area (Å²) >= 11 is 8.55. The molecule has 0 spiro atoms. The van der Waals surface area contributed by atoms with E-state index < -0.39 is 0 Å². The van der Waals surface area contributed by atoms with Gasteiger partial charge in [-0.2, -0.15) is 0 Å². The molecule has 0 nitrogen and oxygen atoms in total. The highest BCUT2D eigenvalue weighted by Gasteiger charge is 2.05. The van der Waals surface area contributed by atoms with Gasteiger partial charge in [0.15, 0.2) is 5.82 Å². The van der Waals surface area contributed by atoms with Gasteiger partial charge in [0.05, 0.1) is 9.50 Å². The second-order valence-electron chi connectivity index (χ2n) is 1.99. The topological polar surface area (TPSA) is 0 Å². The normalized spacial score (nSPS) is 10.0. The predicted octanol–water partition coefficient (Wildman–Crippen LogP) is 3.55. The van der Waals surface area contributed by atoms with Gasteiger partial charge in [0.1, 0.15) is 0 Å². The summed E-state index contributed by atoms with van der Waals surface area (Å²) in [6.45, 7) is 1.81. The van der Waals surface area contributed by atoms with Crippen LogP contribution in [0.4, 0.5) is 4.39 Å². The molecule has 0 fully saturated rings. The van der Waals surface area contributed by atoms with Gasteiger partial charge in [-0.3, -0.25) is 0 Å². The van der Waals surface area contributed by atoms with Crippen LogP contribution in [0.5, 0.6) is 0 Å². The number of aryl methyl sites for hydroxylation is 1. The largest absolute Gasteiger partial charge is 0.204 e. The van der Waals surface area contributed by atoms with Crippen molar-refractivity contribution in [2.45, 2.75) is 6.92 Å². The molecule has 3 heteroatoms. The number of halogens is 3. The van der Waals surface area contributed by atoms with Crippen molar-refractivity contribution < 1.29 is 4.39 Å². The Hall–Kier alpha value is -0.0800.